The number of amides is 1. The van der Waals surface area contributed by atoms with Gasteiger partial charge in [0, 0.05) is 24.8 Å². The smallest absolute Gasteiger partial charge is 0.241 e. The molecule has 1 saturated heterocycles. The van der Waals surface area contributed by atoms with Crippen LogP contribution in [0.2, 0.25) is 0 Å². The average molecular weight is 276 g/mol. The number of hydrogen-bond donors (Lipinski definition) is 1. The van der Waals surface area contributed by atoms with Gasteiger partial charge in [0.25, 0.3) is 0 Å². The van der Waals surface area contributed by atoms with E-state index in [4.69, 9.17) is 4.74 Å². The third kappa shape index (κ3) is 4.15. The first-order chi connectivity index (χ1) is 9.69. The molecule has 2 rings (SSSR count). The highest BCUT2D eigenvalue weighted by Crippen LogP contribution is 2.18. The molecule has 1 aliphatic rings. The van der Waals surface area contributed by atoms with Crippen LogP contribution in [-0.4, -0.2) is 37.0 Å². The summed E-state index contributed by atoms with van der Waals surface area (Å²) in [7, 11) is 0. The number of likely N-dealkylation sites (tertiary alicyclic amines) is 1. The summed E-state index contributed by atoms with van der Waals surface area (Å²) in [4.78, 5) is 14.1. The standard InChI is InChI=1S/C16H24N2O2/c1-3-20-15-6-4-5-14(11-15)17-12-16(19)18-9-7-13(2)8-10-18/h4-6,11,13,17H,3,7-10,12H2,1-2H3. The van der Waals surface area contributed by atoms with Crippen LogP contribution in [0.3, 0.4) is 0 Å². The van der Waals surface area contributed by atoms with Gasteiger partial charge in [-0.2, -0.15) is 0 Å². The van der Waals surface area contributed by atoms with Crippen molar-refractivity contribution in [1.82, 2.24) is 4.90 Å². The second-order valence-electron chi connectivity index (χ2n) is 5.38. The Balaban J connectivity index is 1.82. The molecule has 0 radical (unpaired) electrons. The lowest BCUT2D eigenvalue weighted by molar-refractivity contribution is -0.130. The van der Waals surface area contributed by atoms with E-state index in [0.717, 1.165) is 43.3 Å². The highest BCUT2D eigenvalue weighted by molar-refractivity contribution is 5.81. The van der Waals surface area contributed by atoms with E-state index >= 15 is 0 Å². The van der Waals surface area contributed by atoms with E-state index < -0.39 is 0 Å². The third-order valence-corrected chi connectivity index (χ3v) is 3.73. The summed E-state index contributed by atoms with van der Waals surface area (Å²) in [6.07, 6.45) is 2.23. The largest absolute Gasteiger partial charge is 0.494 e. The molecule has 0 aromatic heterocycles. The predicted octanol–water partition coefficient (Wildman–Crippen LogP) is 2.76. The summed E-state index contributed by atoms with van der Waals surface area (Å²) in [5.74, 6) is 1.75. The zero-order chi connectivity index (χ0) is 14.4. The maximum absolute atomic E-state index is 12.1. The predicted molar refractivity (Wildman–Crippen MR) is 81.1 cm³/mol. The fraction of sp³-hybridized carbons (Fsp3) is 0.562. The molecule has 0 saturated carbocycles. The number of anilines is 1. The second-order valence-corrected chi connectivity index (χ2v) is 5.38. The third-order valence-electron chi connectivity index (χ3n) is 3.73. The van der Waals surface area contributed by atoms with E-state index in [2.05, 4.69) is 12.2 Å². The number of carbonyl (C=O) groups excluding carboxylic acids is 1. The van der Waals surface area contributed by atoms with Crippen molar-refractivity contribution in [2.24, 2.45) is 5.92 Å². The maximum atomic E-state index is 12.1. The van der Waals surface area contributed by atoms with Gasteiger partial charge in [0.2, 0.25) is 5.91 Å². The van der Waals surface area contributed by atoms with Crippen LogP contribution in [0.4, 0.5) is 5.69 Å². The van der Waals surface area contributed by atoms with Crippen molar-refractivity contribution in [2.75, 3.05) is 31.6 Å². The molecule has 1 N–H and O–H groups in total. The summed E-state index contributed by atoms with van der Waals surface area (Å²) >= 11 is 0. The monoisotopic (exact) mass is 276 g/mol. The normalized spacial score (nSPS) is 16.0. The second kappa shape index (κ2) is 7.17. The number of hydrogen-bond acceptors (Lipinski definition) is 3. The lowest BCUT2D eigenvalue weighted by Gasteiger charge is -2.30. The van der Waals surface area contributed by atoms with Gasteiger partial charge in [0.05, 0.1) is 13.2 Å². The van der Waals surface area contributed by atoms with Crippen LogP contribution < -0.4 is 10.1 Å². The highest BCUT2D eigenvalue weighted by atomic mass is 16.5. The Hall–Kier alpha value is -1.71. The summed E-state index contributed by atoms with van der Waals surface area (Å²) in [6, 6.07) is 7.73. The molecule has 1 aromatic rings. The Morgan fingerprint density at radius 2 is 2.15 bits per heavy atom. The van der Waals surface area contributed by atoms with Crippen LogP contribution in [0.1, 0.15) is 26.7 Å². The van der Waals surface area contributed by atoms with Crippen LogP contribution in [0.15, 0.2) is 24.3 Å². The maximum Gasteiger partial charge on any atom is 0.241 e. The van der Waals surface area contributed by atoms with Crippen LogP contribution in [0.25, 0.3) is 0 Å². The van der Waals surface area contributed by atoms with Crippen LogP contribution in [0, 0.1) is 5.92 Å². The SMILES string of the molecule is CCOc1cccc(NCC(=O)N2CCC(C)CC2)c1. The topological polar surface area (TPSA) is 41.6 Å². The number of piperidine rings is 1. The molecule has 1 heterocycles. The molecule has 1 fully saturated rings. The van der Waals surface area contributed by atoms with Gasteiger partial charge in [-0.15, -0.1) is 0 Å². The van der Waals surface area contributed by atoms with E-state index in [-0.39, 0.29) is 5.91 Å². The number of ether oxygens (including phenoxy) is 1. The molecule has 1 amide bonds. The minimum absolute atomic E-state index is 0.179. The van der Waals surface area contributed by atoms with Crippen LogP contribution in [-0.2, 0) is 4.79 Å². The van der Waals surface area contributed by atoms with Gasteiger partial charge < -0.3 is 15.0 Å². The minimum Gasteiger partial charge on any atom is -0.494 e. The quantitative estimate of drug-likeness (QED) is 0.899. The lowest BCUT2D eigenvalue weighted by atomic mass is 9.99. The molecule has 4 nitrogen and oxygen atoms in total. The first-order valence-electron chi connectivity index (χ1n) is 7.43. The zero-order valence-corrected chi connectivity index (χ0v) is 12.4. The van der Waals surface area contributed by atoms with Crippen molar-refractivity contribution in [3.8, 4) is 5.75 Å². The highest BCUT2D eigenvalue weighted by Gasteiger charge is 2.19. The molecule has 4 heteroatoms. The molecule has 0 aliphatic carbocycles. The van der Waals surface area contributed by atoms with Gasteiger partial charge in [-0.1, -0.05) is 13.0 Å². The number of rotatable bonds is 5. The van der Waals surface area contributed by atoms with Crippen LogP contribution in [0.5, 0.6) is 5.75 Å². The van der Waals surface area contributed by atoms with Crippen molar-refractivity contribution < 1.29 is 9.53 Å². The minimum atomic E-state index is 0.179. The number of nitrogens with one attached hydrogen (secondary N) is 1. The molecule has 0 unspecified atom stereocenters. The molecule has 1 aliphatic heterocycles. The molecule has 0 spiro atoms. The van der Waals surface area contributed by atoms with E-state index in [1.54, 1.807) is 0 Å². The fourth-order valence-corrected chi connectivity index (χ4v) is 2.41. The summed E-state index contributed by atoms with van der Waals surface area (Å²) in [5, 5.41) is 3.18. The Labute approximate surface area is 121 Å². The van der Waals surface area contributed by atoms with Crippen molar-refractivity contribution in [3.63, 3.8) is 0 Å². The van der Waals surface area contributed by atoms with Crippen molar-refractivity contribution in [1.29, 1.82) is 0 Å². The van der Waals surface area contributed by atoms with Crippen LogP contribution >= 0.6 is 0 Å². The Morgan fingerprint density at radius 1 is 1.40 bits per heavy atom. The molecular formula is C16H24N2O2. The molecule has 110 valence electrons. The first-order valence-corrected chi connectivity index (χ1v) is 7.43. The van der Waals surface area contributed by atoms with E-state index in [9.17, 15) is 4.79 Å². The zero-order valence-electron chi connectivity index (χ0n) is 12.4. The Bertz CT molecular complexity index is 440. The van der Waals surface area contributed by atoms with E-state index in [1.165, 1.54) is 0 Å². The summed E-state index contributed by atoms with van der Waals surface area (Å²) < 4.78 is 5.45. The number of benzene rings is 1. The van der Waals surface area contributed by atoms with Gasteiger partial charge in [0.1, 0.15) is 5.75 Å². The van der Waals surface area contributed by atoms with Gasteiger partial charge >= 0.3 is 0 Å². The van der Waals surface area contributed by atoms with E-state index in [1.807, 2.05) is 36.1 Å². The number of carbonyl (C=O) groups is 1. The van der Waals surface area contributed by atoms with Gasteiger partial charge in [-0.25, -0.2) is 0 Å². The first kappa shape index (κ1) is 14.7. The molecule has 1 aromatic carbocycles. The van der Waals surface area contributed by atoms with Gasteiger partial charge in [-0.3, -0.25) is 4.79 Å². The average Bonchev–Trinajstić information content (AvgIpc) is 2.46. The molecule has 0 atom stereocenters. The van der Waals surface area contributed by atoms with Crippen molar-refractivity contribution >= 4 is 11.6 Å². The van der Waals surface area contributed by atoms with E-state index in [0.29, 0.717) is 13.2 Å². The lowest BCUT2D eigenvalue weighted by Crippen LogP contribution is -2.40. The fourth-order valence-electron chi connectivity index (χ4n) is 2.41. The van der Waals surface area contributed by atoms with Crippen molar-refractivity contribution in [2.45, 2.75) is 26.7 Å². The molecular weight excluding hydrogens is 252 g/mol. The summed E-state index contributed by atoms with van der Waals surface area (Å²) in [5.41, 5.74) is 0.926. The van der Waals surface area contributed by atoms with Gasteiger partial charge in [0.15, 0.2) is 0 Å². The summed E-state index contributed by atoms with van der Waals surface area (Å²) in [6.45, 7) is 6.99. The number of nitrogens with zero attached hydrogens (tertiary/aromatic N) is 1. The Morgan fingerprint density at radius 3 is 2.85 bits per heavy atom. The molecule has 20 heavy (non-hydrogen) atoms. The Kier molecular flexibility index (Phi) is 5.27. The van der Waals surface area contributed by atoms with Crippen molar-refractivity contribution in [3.05, 3.63) is 24.3 Å². The van der Waals surface area contributed by atoms with Gasteiger partial charge in [-0.05, 0) is 37.8 Å². The molecule has 0 bridgehead atoms.